The zero-order valence-electron chi connectivity index (χ0n) is 17.2. The van der Waals surface area contributed by atoms with Crippen LogP contribution in [0.4, 0.5) is 0 Å². The van der Waals surface area contributed by atoms with E-state index in [4.69, 9.17) is 5.73 Å². The van der Waals surface area contributed by atoms with Gasteiger partial charge in [0.05, 0.1) is 0 Å². The summed E-state index contributed by atoms with van der Waals surface area (Å²) in [6.45, 7) is 6.35. The van der Waals surface area contributed by atoms with E-state index in [0.717, 1.165) is 42.5 Å². The average Bonchev–Trinajstić information content (AvgIpc) is 3.19. The van der Waals surface area contributed by atoms with Crippen LogP contribution in [0.25, 0.3) is 0 Å². The first-order valence-corrected chi connectivity index (χ1v) is 10.6. The number of rotatable bonds is 5. The number of carbonyl (C=O) groups is 3. The van der Waals surface area contributed by atoms with E-state index in [0.29, 0.717) is 19.5 Å². The Labute approximate surface area is 171 Å². The molecular weight excluding hydrogens is 368 g/mol. The Morgan fingerprint density at radius 3 is 2.66 bits per heavy atom. The van der Waals surface area contributed by atoms with Crippen LogP contribution in [-0.4, -0.2) is 51.7 Å². The summed E-state index contributed by atoms with van der Waals surface area (Å²) in [6, 6.07) is 5.55. The van der Waals surface area contributed by atoms with Crippen molar-refractivity contribution in [1.82, 2.24) is 15.1 Å². The fourth-order valence-electron chi connectivity index (χ4n) is 5.40. The molecule has 0 bridgehead atoms. The van der Waals surface area contributed by atoms with Crippen molar-refractivity contribution in [2.24, 2.45) is 5.73 Å². The van der Waals surface area contributed by atoms with E-state index in [1.165, 1.54) is 0 Å². The Morgan fingerprint density at radius 1 is 1.21 bits per heavy atom. The number of hydrogen-bond acceptors (Lipinski definition) is 5. The van der Waals surface area contributed by atoms with Crippen molar-refractivity contribution >= 4 is 17.7 Å². The maximum absolute atomic E-state index is 13.3. The van der Waals surface area contributed by atoms with Gasteiger partial charge in [-0.15, -0.1) is 0 Å². The summed E-state index contributed by atoms with van der Waals surface area (Å²) >= 11 is 0. The van der Waals surface area contributed by atoms with Gasteiger partial charge < -0.3 is 10.6 Å². The van der Waals surface area contributed by atoms with Gasteiger partial charge in [0.15, 0.2) is 0 Å². The van der Waals surface area contributed by atoms with E-state index in [1.54, 1.807) is 4.90 Å². The summed E-state index contributed by atoms with van der Waals surface area (Å²) in [6.07, 6.45) is 3.69. The maximum Gasteiger partial charge on any atom is 0.255 e. The Hall–Kier alpha value is -2.25. The number of likely N-dealkylation sites (tertiary alicyclic amines) is 1. The van der Waals surface area contributed by atoms with Crippen LogP contribution in [0.1, 0.15) is 67.4 Å². The average molecular weight is 399 g/mol. The number of fused-ring (bicyclic) bond motifs is 1. The van der Waals surface area contributed by atoms with Gasteiger partial charge in [0.25, 0.3) is 5.91 Å². The number of amides is 3. The van der Waals surface area contributed by atoms with Crippen LogP contribution in [0.2, 0.25) is 0 Å². The molecule has 2 unspecified atom stereocenters. The number of hydrogen-bond donors (Lipinski definition) is 2. The summed E-state index contributed by atoms with van der Waals surface area (Å²) in [7, 11) is 0. The summed E-state index contributed by atoms with van der Waals surface area (Å²) in [5.74, 6) is -0.741. The first kappa shape index (κ1) is 20.0. The topological polar surface area (TPSA) is 95.7 Å². The normalized spacial score (nSPS) is 26.7. The molecule has 1 aromatic rings. The number of nitrogens with one attached hydrogen (secondary N) is 1. The lowest BCUT2D eigenvalue weighted by Gasteiger charge is -2.37. The Bertz CT molecular complexity index is 848. The Balaban J connectivity index is 1.60. The molecule has 0 radical (unpaired) electrons. The fourth-order valence-corrected chi connectivity index (χ4v) is 5.40. The highest BCUT2D eigenvalue weighted by Gasteiger charge is 2.43. The van der Waals surface area contributed by atoms with Crippen molar-refractivity contribution < 1.29 is 14.4 Å². The number of nitrogens with zero attached hydrogens (tertiary/aromatic N) is 2. The third-order valence-corrected chi connectivity index (χ3v) is 7.08. The summed E-state index contributed by atoms with van der Waals surface area (Å²) in [5, 5.41) is 2.36. The molecule has 2 atom stereocenters. The lowest BCUT2D eigenvalue weighted by atomic mass is 9.88. The molecule has 156 valence electrons. The maximum atomic E-state index is 13.3. The van der Waals surface area contributed by atoms with Gasteiger partial charge in [-0.1, -0.05) is 32.0 Å². The predicted octanol–water partition coefficient (Wildman–Crippen LogP) is 1.54. The molecule has 1 aromatic carbocycles. The minimum Gasteiger partial charge on any atom is -0.326 e. The van der Waals surface area contributed by atoms with Crippen LogP contribution in [0.3, 0.4) is 0 Å². The molecule has 3 amide bonds. The highest BCUT2D eigenvalue weighted by atomic mass is 16.2. The highest BCUT2D eigenvalue weighted by Crippen LogP contribution is 2.38. The standard InChI is InChI=1S/C22H30N4O3/c1-3-22(4-2)10-16(23)13-25(22)11-14-6-5-7-15-12-26(21(29)19(14)15)17-8-9-18(27)24-20(17)28/h5-7,16-17H,3-4,8-13,23H2,1-2H3,(H,24,27,28). The number of piperidine rings is 1. The van der Waals surface area contributed by atoms with E-state index in [2.05, 4.69) is 24.1 Å². The molecule has 3 N–H and O–H groups in total. The summed E-state index contributed by atoms with van der Waals surface area (Å²) < 4.78 is 0. The lowest BCUT2D eigenvalue weighted by molar-refractivity contribution is -0.136. The molecule has 2 fully saturated rings. The second-order valence-corrected chi connectivity index (χ2v) is 8.63. The van der Waals surface area contributed by atoms with E-state index < -0.39 is 6.04 Å². The lowest BCUT2D eigenvalue weighted by Crippen LogP contribution is -2.52. The van der Waals surface area contributed by atoms with Crippen LogP contribution in [0.5, 0.6) is 0 Å². The molecule has 0 aliphatic carbocycles. The first-order chi connectivity index (χ1) is 13.9. The van der Waals surface area contributed by atoms with Crippen molar-refractivity contribution in [3.8, 4) is 0 Å². The molecular formula is C22H30N4O3. The van der Waals surface area contributed by atoms with E-state index in [1.807, 2.05) is 18.2 Å². The Morgan fingerprint density at radius 2 is 1.97 bits per heavy atom. The molecule has 7 heteroatoms. The second-order valence-electron chi connectivity index (χ2n) is 8.63. The minimum absolute atomic E-state index is 0.0765. The highest BCUT2D eigenvalue weighted by molar-refractivity contribution is 6.06. The van der Waals surface area contributed by atoms with Gasteiger partial charge in [0.2, 0.25) is 11.8 Å². The van der Waals surface area contributed by atoms with Crippen molar-refractivity contribution in [2.75, 3.05) is 6.54 Å². The molecule has 29 heavy (non-hydrogen) atoms. The van der Waals surface area contributed by atoms with Crippen LogP contribution in [0.15, 0.2) is 18.2 Å². The van der Waals surface area contributed by atoms with Crippen molar-refractivity contribution in [3.63, 3.8) is 0 Å². The van der Waals surface area contributed by atoms with Crippen molar-refractivity contribution in [1.29, 1.82) is 0 Å². The predicted molar refractivity (Wildman–Crippen MR) is 109 cm³/mol. The van der Waals surface area contributed by atoms with Crippen LogP contribution < -0.4 is 11.1 Å². The van der Waals surface area contributed by atoms with Gasteiger partial charge in [-0.3, -0.25) is 24.6 Å². The molecule has 3 aliphatic heterocycles. The SMILES string of the molecule is CCC1(CC)CC(N)CN1Cc1cccc2c1C(=O)N(C1CCC(=O)NC1=O)C2. The molecule has 3 aliphatic rings. The molecule has 4 rings (SSSR count). The zero-order chi connectivity index (χ0) is 20.8. The first-order valence-electron chi connectivity index (χ1n) is 10.6. The minimum atomic E-state index is -0.578. The van der Waals surface area contributed by atoms with Crippen LogP contribution >= 0.6 is 0 Å². The van der Waals surface area contributed by atoms with E-state index in [9.17, 15) is 14.4 Å². The van der Waals surface area contributed by atoms with Gasteiger partial charge in [-0.25, -0.2) is 0 Å². The molecule has 7 nitrogen and oxygen atoms in total. The largest absolute Gasteiger partial charge is 0.326 e. The second kappa shape index (κ2) is 7.54. The van der Waals surface area contributed by atoms with Gasteiger partial charge >= 0.3 is 0 Å². The van der Waals surface area contributed by atoms with E-state index in [-0.39, 0.29) is 35.7 Å². The van der Waals surface area contributed by atoms with Gasteiger partial charge in [0.1, 0.15) is 6.04 Å². The summed E-state index contributed by atoms with van der Waals surface area (Å²) in [5.41, 5.74) is 9.06. The number of carbonyl (C=O) groups excluding carboxylic acids is 3. The number of imide groups is 1. The Kier molecular flexibility index (Phi) is 5.21. The van der Waals surface area contributed by atoms with Gasteiger partial charge in [-0.2, -0.15) is 0 Å². The monoisotopic (exact) mass is 398 g/mol. The molecule has 0 aromatic heterocycles. The van der Waals surface area contributed by atoms with Gasteiger partial charge in [0, 0.05) is 43.2 Å². The quantitative estimate of drug-likeness (QED) is 0.734. The van der Waals surface area contributed by atoms with Crippen molar-refractivity contribution in [2.45, 2.75) is 76.7 Å². The summed E-state index contributed by atoms with van der Waals surface area (Å²) in [4.78, 5) is 41.1. The molecule has 3 heterocycles. The van der Waals surface area contributed by atoms with Crippen molar-refractivity contribution in [3.05, 3.63) is 34.9 Å². The van der Waals surface area contributed by atoms with Crippen LogP contribution in [0, 0.1) is 0 Å². The number of nitrogens with two attached hydrogens (primary N) is 1. The van der Waals surface area contributed by atoms with Crippen LogP contribution in [-0.2, 0) is 22.7 Å². The molecule has 0 spiro atoms. The zero-order valence-corrected chi connectivity index (χ0v) is 17.2. The number of benzene rings is 1. The smallest absolute Gasteiger partial charge is 0.255 e. The third-order valence-electron chi connectivity index (χ3n) is 7.08. The fraction of sp³-hybridized carbons (Fsp3) is 0.591. The third kappa shape index (κ3) is 3.36. The van der Waals surface area contributed by atoms with E-state index >= 15 is 0 Å². The molecule has 2 saturated heterocycles. The molecule has 0 saturated carbocycles. The van der Waals surface area contributed by atoms with Gasteiger partial charge in [-0.05, 0) is 36.8 Å².